The van der Waals surface area contributed by atoms with Crippen molar-refractivity contribution in [2.45, 2.75) is 19.0 Å². The Morgan fingerprint density at radius 2 is 2.13 bits per heavy atom. The molecule has 30 heavy (non-hydrogen) atoms. The zero-order valence-corrected chi connectivity index (χ0v) is 15.9. The minimum atomic E-state index is -0.686. The summed E-state index contributed by atoms with van der Waals surface area (Å²) in [4.78, 5) is 26.5. The quantitative estimate of drug-likeness (QED) is 0.471. The van der Waals surface area contributed by atoms with Crippen molar-refractivity contribution < 1.29 is 14.4 Å². The lowest BCUT2D eigenvalue weighted by Crippen LogP contribution is -2.50. The number of carbonyl (C=O) groups is 1. The molecule has 152 valence electrons. The van der Waals surface area contributed by atoms with Gasteiger partial charge in [-0.25, -0.2) is 14.3 Å². The van der Waals surface area contributed by atoms with E-state index in [0.29, 0.717) is 22.7 Å². The third-order valence-corrected chi connectivity index (χ3v) is 5.64. The van der Waals surface area contributed by atoms with Crippen molar-refractivity contribution in [1.29, 1.82) is 0 Å². The number of benzene rings is 1. The van der Waals surface area contributed by atoms with Crippen molar-refractivity contribution in [2.24, 2.45) is 0 Å². The van der Waals surface area contributed by atoms with Crippen LogP contribution in [0.3, 0.4) is 0 Å². The first-order valence-electron chi connectivity index (χ1n) is 9.69. The van der Waals surface area contributed by atoms with Gasteiger partial charge in [0, 0.05) is 31.3 Å². The largest absolute Gasteiger partial charge is 0.381 e. The van der Waals surface area contributed by atoms with Crippen LogP contribution < -0.4 is 10.6 Å². The highest BCUT2D eigenvalue weighted by molar-refractivity contribution is 6.01. The highest BCUT2D eigenvalue weighted by Gasteiger charge is 2.31. The summed E-state index contributed by atoms with van der Waals surface area (Å²) < 4.78 is 6.85. The van der Waals surface area contributed by atoms with Gasteiger partial charge in [0.15, 0.2) is 17.0 Å². The van der Waals surface area contributed by atoms with E-state index >= 15 is 0 Å². The first kappa shape index (κ1) is 17.3. The Bertz CT molecular complexity index is 1290. The molecule has 0 bridgehead atoms. The molecule has 0 amide bonds. The number of nitrogens with two attached hydrogens (primary N) is 1. The summed E-state index contributed by atoms with van der Waals surface area (Å²) in [7, 11) is 0. The average molecular weight is 406 g/mol. The number of para-hydroxylation sites is 1. The second-order valence-electron chi connectivity index (χ2n) is 7.48. The van der Waals surface area contributed by atoms with Crippen LogP contribution in [0.15, 0.2) is 30.5 Å². The predicted molar refractivity (Wildman–Crippen MR) is 105 cm³/mol. The standard InChI is InChI=1S/C19H18N8O3/c20-17-16(19(28)30-27-15-4-2-1-3-14(15)22-24-27)18-21-13-5-6-25(12-9-29-10-12)7-11(13)8-26(18)23-17/h1-4,8,12H,5-7,9-10H2,(H2,20,23). The molecular weight excluding hydrogens is 388 g/mol. The Morgan fingerprint density at radius 1 is 1.27 bits per heavy atom. The van der Waals surface area contributed by atoms with Gasteiger partial charge >= 0.3 is 5.97 Å². The Morgan fingerprint density at radius 3 is 2.97 bits per heavy atom. The lowest BCUT2D eigenvalue weighted by Gasteiger charge is -2.39. The minimum Gasteiger partial charge on any atom is -0.381 e. The van der Waals surface area contributed by atoms with Crippen molar-refractivity contribution >= 4 is 28.5 Å². The third kappa shape index (κ3) is 2.63. The van der Waals surface area contributed by atoms with E-state index in [2.05, 4.69) is 20.3 Å². The molecule has 6 rings (SSSR count). The molecule has 0 radical (unpaired) electrons. The van der Waals surface area contributed by atoms with E-state index in [-0.39, 0.29) is 11.4 Å². The number of anilines is 1. The molecule has 4 aromatic rings. The molecule has 2 aliphatic heterocycles. The second-order valence-corrected chi connectivity index (χ2v) is 7.48. The van der Waals surface area contributed by atoms with Gasteiger partial charge in [-0.2, -0.15) is 0 Å². The Balaban J connectivity index is 1.34. The monoisotopic (exact) mass is 406 g/mol. The van der Waals surface area contributed by atoms with E-state index < -0.39 is 5.97 Å². The Labute approximate surface area is 169 Å². The van der Waals surface area contributed by atoms with Crippen LogP contribution in [-0.2, 0) is 17.7 Å². The molecule has 3 aromatic heterocycles. The summed E-state index contributed by atoms with van der Waals surface area (Å²) in [5.74, 6) is -0.627. The zero-order valence-electron chi connectivity index (χ0n) is 15.9. The number of fused-ring (bicyclic) bond motifs is 3. The summed E-state index contributed by atoms with van der Waals surface area (Å²) in [6, 6.07) is 7.64. The molecule has 0 spiro atoms. The predicted octanol–water partition coefficient (Wildman–Crippen LogP) is 0.0821. The molecule has 2 aliphatic rings. The zero-order chi connectivity index (χ0) is 20.2. The molecular formula is C19H18N8O3. The van der Waals surface area contributed by atoms with Crippen LogP contribution in [0.25, 0.3) is 16.7 Å². The smallest absolute Gasteiger partial charge is 0.373 e. The summed E-state index contributed by atoms with van der Waals surface area (Å²) in [5, 5.41) is 12.1. The first-order valence-corrected chi connectivity index (χ1v) is 9.69. The summed E-state index contributed by atoms with van der Waals surface area (Å²) in [5.41, 5.74) is 9.76. The van der Waals surface area contributed by atoms with Gasteiger partial charge in [0.1, 0.15) is 11.0 Å². The molecule has 5 heterocycles. The first-order chi connectivity index (χ1) is 14.7. The van der Waals surface area contributed by atoms with Gasteiger partial charge in [-0.15, -0.1) is 10.2 Å². The molecule has 1 saturated heterocycles. The fourth-order valence-electron chi connectivity index (χ4n) is 3.94. The molecule has 11 nitrogen and oxygen atoms in total. The maximum Gasteiger partial charge on any atom is 0.373 e. The summed E-state index contributed by atoms with van der Waals surface area (Å²) in [6.45, 7) is 3.22. The van der Waals surface area contributed by atoms with E-state index in [1.165, 1.54) is 0 Å². The van der Waals surface area contributed by atoms with Crippen molar-refractivity contribution in [3.8, 4) is 0 Å². The van der Waals surface area contributed by atoms with E-state index in [1.54, 1.807) is 16.6 Å². The number of nitrogen functional groups attached to an aromatic ring is 1. The van der Waals surface area contributed by atoms with Crippen molar-refractivity contribution in [3.63, 3.8) is 0 Å². The van der Waals surface area contributed by atoms with Crippen molar-refractivity contribution in [3.05, 3.63) is 47.3 Å². The van der Waals surface area contributed by atoms with Crippen LogP contribution in [0.4, 0.5) is 5.82 Å². The van der Waals surface area contributed by atoms with Crippen LogP contribution >= 0.6 is 0 Å². The van der Waals surface area contributed by atoms with Gasteiger partial charge in [0.2, 0.25) is 0 Å². The van der Waals surface area contributed by atoms with E-state index in [9.17, 15) is 4.79 Å². The summed E-state index contributed by atoms with van der Waals surface area (Å²) in [6.07, 6.45) is 2.68. The van der Waals surface area contributed by atoms with Gasteiger partial charge in [0.05, 0.1) is 24.9 Å². The van der Waals surface area contributed by atoms with Crippen LogP contribution in [0.5, 0.6) is 0 Å². The van der Waals surface area contributed by atoms with Gasteiger partial charge in [-0.1, -0.05) is 17.0 Å². The third-order valence-electron chi connectivity index (χ3n) is 5.64. The Kier molecular flexibility index (Phi) is 3.73. The molecule has 0 saturated carbocycles. The fraction of sp³-hybridized carbons (Fsp3) is 0.316. The van der Waals surface area contributed by atoms with Crippen molar-refractivity contribution in [2.75, 3.05) is 25.5 Å². The van der Waals surface area contributed by atoms with E-state index in [0.717, 1.165) is 48.8 Å². The van der Waals surface area contributed by atoms with Gasteiger partial charge < -0.3 is 15.3 Å². The van der Waals surface area contributed by atoms with E-state index in [1.807, 2.05) is 18.3 Å². The minimum absolute atomic E-state index is 0.0588. The van der Waals surface area contributed by atoms with Crippen LogP contribution in [0, 0.1) is 0 Å². The van der Waals surface area contributed by atoms with Crippen LogP contribution in [0.1, 0.15) is 21.6 Å². The number of hydrogen-bond acceptors (Lipinski definition) is 9. The topological polar surface area (TPSA) is 126 Å². The lowest BCUT2D eigenvalue weighted by atomic mass is 10.0. The van der Waals surface area contributed by atoms with Gasteiger partial charge in [0.25, 0.3) is 0 Å². The SMILES string of the molecule is Nc1nn2cc3c(nc2c1C(=O)On1nnc2ccccc21)CCN(C1COC1)C3. The number of rotatable bonds is 3. The van der Waals surface area contributed by atoms with Crippen LogP contribution in [0.2, 0.25) is 0 Å². The van der Waals surface area contributed by atoms with Gasteiger partial charge in [-0.05, 0) is 17.3 Å². The Hall–Kier alpha value is -3.57. The molecule has 1 aromatic carbocycles. The second kappa shape index (κ2) is 6.47. The molecule has 0 unspecified atom stereocenters. The highest BCUT2D eigenvalue weighted by Crippen LogP contribution is 2.25. The fourth-order valence-corrected chi connectivity index (χ4v) is 3.94. The number of hydrogen-bond donors (Lipinski definition) is 1. The number of carbonyl (C=O) groups excluding carboxylic acids is 1. The molecule has 11 heteroatoms. The number of ether oxygens (including phenoxy) is 1. The molecule has 0 atom stereocenters. The van der Waals surface area contributed by atoms with Crippen LogP contribution in [-0.4, -0.2) is 66.4 Å². The van der Waals surface area contributed by atoms with Crippen molar-refractivity contribution in [1.82, 2.24) is 34.7 Å². The number of nitrogens with zero attached hydrogens (tertiary/aromatic N) is 7. The molecule has 1 fully saturated rings. The van der Waals surface area contributed by atoms with Gasteiger partial charge in [-0.3, -0.25) is 4.90 Å². The highest BCUT2D eigenvalue weighted by atomic mass is 16.7. The molecule has 2 N–H and O–H groups in total. The summed E-state index contributed by atoms with van der Waals surface area (Å²) >= 11 is 0. The maximum absolute atomic E-state index is 12.9. The number of aromatic nitrogens is 6. The normalized spacial score (nSPS) is 17.2. The van der Waals surface area contributed by atoms with E-state index in [4.69, 9.17) is 20.3 Å². The maximum atomic E-state index is 12.9. The lowest BCUT2D eigenvalue weighted by molar-refractivity contribution is -0.0697. The molecule has 0 aliphatic carbocycles. The average Bonchev–Trinajstić information content (AvgIpc) is 3.24.